The van der Waals surface area contributed by atoms with Gasteiger partial charge in [0.25, 0.3) is 0 Å². The largest absolute Gasteiger partial charge is 0.417 e. The molecule has 458 valence electrons. The summed E-state index contributed by atoms with van der Waals surface area (Å²) in [6.07, 6.45) is -18.7. The molecule has 92 heavy (non-hydrogen) atoms. The van der Waals surface area contributed by atoms with Gasteiger partial charge in [-0.2, -0.15) is 57.9 Å². The molecule has 0 saturated heterocycles. The second-order valence-corrected chi connectivity index (χ2v) is 23.7. The van der Waals surface area contributed by atoms with Crippen LogP contribution in [0.5, 0.6) is 0 Å². The predicted molar refractivity (Wildman–Crippen MR) is 341 cm³/mol. The van der Waals surface area contributed by atoms with Gasteiger partial charge in [0.1, 0.15) is 0 Å². The Bertz CT molecular complexity index is 5230. The smallest absolute Gasteiger partial charge is 0.309 e. The van der Waals surface area contributed by atoms with Gasteiger partial charge in [0.2, 0.25) is 0 Å². The molecule has 13 aromatic rings. The van der Waals surface area contributed by atoms with Crippen molar-refractivity contribution in [1.82, 2.24) is 9.13 Å². The Morgan fingerprint density at radius 3 is 1.05 bits per heavy atom. The van der Waals surface area contributed by atoms with Crippen LogP contribution < -0.4 is 0 Å². The number of nitrogens with zero attached hydrogens (tertiary/aromatic N) is 3. The second-order valence-electron chi connectivity index (χ2n) is 23.7. The van der Waals surface area contributed by atoms with E-state index in [0.29, 0.717) is 111 Å². The number of alkyl halides is 12. The first-order valence-electron chi connectivity index (χ1n) is 29.2. The maximum absolute atomic E-state index is 15.0. The molecule has 0 aliphatic heterocycles. The van der Waals surface area contributed by atoms with Crippen molar-refractivity contribution in [3.63, 3.8) is 0 Å². The minimum Gasteiger partial charge on any atom is -0.309 e. The molecule has 0 atom stereocenters. The summed E-state index contributed by atoms with van der Waals surface area (Å²) in [7, 11) is 0. The summed E-state index contributed by atoms with van der Waals surface area (Å²) in [5, 5.41) is 12.9. The van der Waals surface area contributed by atoms with Crippen LogP contribution in [0.1, 0.15) is 61.2 Å². The van der Waals surface area contributed by atoms with Crippen LogP contribution in [-0.2, 0) is 24.7 Å². The molecule has 0 radical (unpaired) electrons. The monoisotopic (exact) mass is 1250 g/mol. The van der Waals surface area contributed by atoms with E-state index in [9.17, 15) is 57.9 Å². The maximum Gasteiger partial charge on any atom is 0.417 e. The highest BCUT2D eigenvalue weighted by molar-refractivity contribution is 6.14. The fourth-order valence-corrected chi connectivity index (χ4v) is 13.1. The molecular weight excluding hydrogens is 1190 g/mol. The number of rotatable bonds is 8. The summed E-state index contributed by atoms with van der Waals surface area (Å²) in [6, 6.07) is 55.4. The van der Waals surface area contributed by atoms with E-state index >= 15 is 0 Å². The molecule has 0 aliphatic carbocycles. The topological polar surface area (TPSA) is 33.6 Å². The number of fused-ring (bicyclic) bond motifs is 6. The number of hydrogen-bond donors (Lipinski definition) is 0. The van der Waals surface area contributed by atoms with E-state index in [1.54, 1.807) is 119 Å². The van der Waals surface area contributed by atoms with Gasteiger partial charge < -0.3 is 9.13 Å². The molecule has 0 amide bonds. The number of benzene rings is 11. The summed E-state index contributed by atoms with van der Waals surface area (Å²) in [4.78, 5) is 0. The fraction of sp³-hybridized carbons (Fsp3) is 0.130. The highest BCUT2D eigenvalue weighted by Crippen LogP contribution is 2.48. The summed E-state index contributed by atoms with van der Waals surface area (Å²) < 4.78 is 178. The van der Waals surface area contributed by atoms with Crippen LogP contribution in [0.15, 0.2) is 200 Å². The molecule has 0 fully saturated rings. The zero-order chi connectivity index (χ0) is 65.2. The SMILES string of the molecule is Cc1cc(C)cc(-c2ccc(-n3c4ccc(-c5ccc(C(F)(F)F)cc5C)cc4c4cc(-c5ccc(C)cc5C(F)(F)F)ccc43)c(-c3ccc(C#N)cc3-n3c4ccc(-c5ccc(C(F)(F)F)cc5C)cc4c4cc(-c5ccc(C)cc5C(F)(F)F)ccc43)c2)c1. The minimum absolute atomic E-state index is 0.0686. The Kier molecular flexibility index (Phi) is 14.5. The van der Waals surface area contributed by atoms with Gasteiger partial charge in [-0.1, -0.05) is 113 Å². The minimum atomic E-state index is -4.74. The van der Waals surface area contributed by atoms with Gasteiger partial charge >= 0.3 is 24.7 Å². The van der Waals surface area contributed by atoms with E-state index in [-0.39, 0.29) is 27.8 Å². The maximum atomic E-state index is 15.0. The Morgan fingerprint density at radius 1 is 0.283 bits per heavy atom. The van der Waals surface area contributed by atoms with Gasteiger partial charge in [-0.3, -0.25) is 0 Å². The molecule has 13 rings (SSSR count). The Balaban J connectivity index is 1.12. The lowest BCUT2D eigenvalue weighted by atomic mass is 9.93. The van der Waals surface area contributed by atoms with Gasteiger partial charge in [0.05, 0.1) is 67.3 Å². The van der Waals surface area contributed by atoms with Crippen LogP contribution in [0.3, 0.4) is 0 Å². The van der Waals surface area contributed by atoms with Crippen LogP contribution in [0.4, 0.5) is 52.7 Å². The lowest BCUT2D eigenvalue weighted by Crippen LogP contribution is -2.07. The molecule has 0 spiro atoms. The molecule has 15 heteroatoms. The van der Waals surface area contributed by atoms with E-state index in [4.69, 9.17) is 0 Å². The van der Waals surface area contributed by atoms with E-state index in [2.05, 4.69) is 6.07 Å². The number of aryl methyl sites for hydroxylation is 6. The number of hydrogen-bond acceptors (Lipinski definition) is 1. The Hall–Kier alpha value is -10.3. The Labute approximate surface area is 520 Å². The molecule has 0 saturated carbocycles. The highest BCUT2D eigenvalue weighted by Gasteiger charge is 2.37. The number of nitriles is 1. The standard InChI is InChI=1S/C77H51F12N3/c1-41-7-17-58(66(30-41)76(84,85)86)51-13-25-70-64(38-51)62-36-49(56-20-15-54(32-45(56)5)74(78,79)80)11-23-69(62)91(70)68-22-10-48(53-28-43(3)27-44(4)29-53)35-61(68)60-19-9-47(40-90)34-73(60)92-71-24-12-50(57-21-16-55(33-46(57)6)75(81,82)83)37-63(71)65-39-52(14-26-72(65)92)59-18-8-42(2)31-67(59)77(87,88)89/h7-39H,1-6H3. The molecule has 2 heterocycles. The van der Waals surface area contributed by atoms with Gasteiger partial charge in [-0.15, -0.1) is 0 Å². The van der Waals surface area contributed by atoms with Crippen LogP contribution in [0.25, 0.3) is 122 Å². The van der Waals surface area contributed by atoms with Gasteiger partial charge in [-0.25, -0.2) is 0 Å². The quantitative estimate of drug-likeness (QED) is 0.140. The average molecular weight is 1250 g/mol. The van der Waals surface area contributed by atoms with E-state index in [1.165, 1.54) is 24.3 Å². The lowest BCUT2D eigenvalue weighted by Gasteiger charge is -2.20. The van der Waals surface area contributed by atoms with Crippen molar-refractivity contribution in [2.45, 2.75) is 66.2 Å². The van der Waals surface area contributed by atoms with E-state index < -0.39 is 47.0 Å². The second kappa shape index (κ2) is 22.0. The number of halogens is 12. The zero-order valence-corrected chi connectivity index (χ0v) is 49.9. The molecule has 11 aromatic carbocycles. The molecule has 0 aliphatic rings. The average Bonchev–Trinajstić information content (AvgIpc) is 1.55. The highest BCUT2D eigenvalue weighted by atomic mass is 19.4. The Morgan fingerprint density at radius 2 is 0.663 bits per heavy atom. The van der Waals surface area contributed by atoms with Crippen LogP contribution >= 0.6 is 0 Å². The first-order chi connectivity index (χ1) is 43.5. The first kappa shape index (κ1) is 60.6. The van der Waals surface area contributed by atoms with E-state index in [1.807, 2.05) is 71.5 Å². The van der Waals surface area contributed by atoms with Crippen molar-refractivity contribution in [3.8, 4) is 84.2 Å². The fourth-order valence-electron chi connectivity index (χ4n) is 13.1. The van der Waals surface area contributed by atoms with Crippen molar-refractivity contribution in [3.05, 3.63) is 261 Å². The van der Waals surface area contributed by atoms with Gasteiger partial charge in [0.15, 0.2) is 0 Å². The molecule has 2 aromatic heterocycles. The normalized spacial score (nSPS) is 12.4. The molecule has 3 nitrogen and oxygen atoms in total. The molecule has 0 N–H and O–H groups in total. The number of aromatic nitrogens is 2. The van der Waals surface area contributed by atoms with E-state index in [0.717, 1.165) is 58.7 Å². The third-order valence-electron chi connectivity index (χ3n) is 17.3. The van der Waals surface area contributed by atoms with Gasteiger partial charge in [-0.05, 0) is 217 Å². The third kappa shape index (κ3) is 10.8. The van der Waals surface area contributed by atoms with Gasteiger partial charge in [0, 0.05) is 32.7 Å². The molecule has 0 bridgehead atoms. The van der Waals surface area contributed by atoms with Crippen molar-refractivity contribution in [2.24, 2.45) is 0 Å². The predicted octanol–water partition coefficient (Wildman–Crippen LogP) is 23.7. The summed E-state index contributed by atoms with van der Waals surface area (Å²) in [6.45, 7) is 10.2. The van der Waals surface area contributed by atoms with Crippen LogP contribution in [0.2, 0.25) is 0 Å². The first-order valence-corrected chi connectivity index (χ1v) is 29.2. The third-order valence-corrected chi connectivity index (χ3v) is 17.3. The molecule has 0 unspecified atom stereocenters. The summed E-state index contributed by atoms with van der Waals surface area (Å²) >= 11 is 0. The lowest BCUT2D eigenvalue weighted by molar-refractivity contribution is -0.138. The van der Waals surface area contributed by atoms with Crippen molar-refractivity contribution >= 4 is 43.6 Å². The zero-order valence-electron chi connectivity index (χ0n) is 49.9. The van der Waals surface area contributed by atoms with Crippen LogP contribution in [-0.4, -0.2) is 9.13 Å². The summed E-state index contributed by atoms with van der Waals surface area (Å²) in [5.74, 6) is 0. The van der Waals surface area contributed by atoms with Crippen molar-refractivity contribution in [1.29, 1.82) is 5.26 Å². The van der Waals surface area contributed by atoms with Crippen molar-refractivity contribution < 1.29 is 52.7 Å². The van der Waals surface area contributed by atoms with Crippen molar-refractivity contribution in [2.75, 3.05) is 0 Å². The van der Waals surface area contributed by atoms with Crippen LogP contribution in [0, 0.1) is 52.9 Å². The molecular formula is C77H51F12N3. The summed E-state index contributed by atoms with van der Waals surface area (Å²) in [5.41, 5.74) is 8.59.